The zero-order chi connectivity index (χ0) is 14.4. The first kappa shape index (κ1) is 15.4. The molecule has 112 valence electrons. The highest BCUT2D eigenvalue weighted by Gasteiger charge is 2.19. The maximum atomic E-state index is 12.2. The van der Waals surface area contributed by atoms with Gasteiger partial charge in [-0.2, -0.15) is 0 Å². The summed E-state index contributed by atoms with van der Waals surface area (Å²) in [7, 11) is -1.63. The number of hydrogen-bond acceptors (Lipinski definition) is 4. The molecule has 1 atom stereocenters. The van der Waals surface area contributed by atoms with Crippen LogP contribution in [0.15, 0.2) is 29.2 Å². The Morgan fingerprint density at radius 1 is 1.35 bits per heavy atom. The van der Waals surface area contributed by atoms with E-state index in [2.05, 4.69) is 10.0 Å². The molecule has 20 heavy (non-hydrogen) atoms. The van der Waals surface area contributed by atoms with Crippen molar-refractivity contribution in [3.05, 3.63) is 29.8 Å². The Bertz CT molecular complexity index is 525. The second-order valence-electron chi connectivity index (χ2n) is 5.02. The van der Waals surface area contributed by atoms with E-state index in [4.69, 9.17) is 4.74 Å². The summed E-state index contributed by atoms with van der Waals surface area (Å²) in [6.45, 7) is 1.72. The minimum Gasteiger partial charge on any atom is -0.377 e. The van der Waals surface area contributed by atoms with E-state index in [0.29, 0.717) is 18.0 Å². The SMILES string of the molecule is CNCc1cccc(S(=O)(=O)NCC2CCCCO2)c1. The van der Waals surface area contributed by atoms with Crippen LogP contribution in [0, 0.1) is 0 Å². The van der Waals surface area contributed by atoms with Crippen molar-refractivity contribution < 1.29 is 13.2 Å². The van der Waals surface area contributed by atoms with Gasteiger partial charge in [-0.25, -0.2) is 13.1 Å². The third-order valence-electron chi connectivity index (χ3n) is 3.36. The van der Waals surface area contributed by atoms with Gasteiger partial charge < -0.3 is 10.1 Å². The van der Waals surface area contributed by atoms with Crippen molar-refractivity contribution in [2.45, 2.75) is 36.8 Å². The molecule has 0 aliphatic carbocycles. The normalized spacial score (nSPS) is 19.9. The molecule has 1 fully saturated rings. The lowest BCUT2D eigenvalue weighted by Gasteiger charge is -2.22. The lowest BCUT2D eigenvalue weighted by atomic mass is 10.1. The number of nitrogens with one attached hydrogen (secondary N) is 2. The molecular formula is C14H22N2O3S. The van der Waals surface area contributed by atoms with Gasteiger partial charge in [0.15, 0.2) is 0 Å². The van der Waals surface area contributed by atoms with Crippen molar-refractivity contribution >= 4 is 10.0 Å². The Kier molecular flexibility index (Phi) is 5.54. The Morgan fingerprint density at radius 2 is 2.20 bits per heavy atom. The van der Waals surface area contributed by atoms with Crippen LogP contribution in [0.2, 0.25) is 0 Å². The van der Waals surface area contributed by atoms with Crippen LogP contribution in [0.5, 0.6) is 0 Å². The second kappa shape index (κ2) is 7.17. The highest BCUT2D eigenvalue weighted by molar-refractivity contribution is 7.89. The number of sulfonamides is 1. The molecule has 1 aromatic rings. The molecule has 0 radical (unpaired) electrons. The Balaban J connectivity index is 2.00. The molecule has 1 saturated heterocycles. The molecule has 0 bridgehead atoms. The Labute approximate surface area is 120 Å². The van der Waals surface area contributed by atoms with Crippen LogP contribution < -0.4 is 10.0 Å². The summed E-state index contributed by atoms with van der Waals surface area (Å²) >= 11 is 0. The number of ether oxygens (including phenoxy) is 1. The summed E-state index contributed by atoms with van der Waals surface area (Å²) < 4.78 is 32.7. The van der Waals surface area contributed by atoms with E-state index >= 15 is 0 Å². The summed E-state index contributed by atoms with van der Waals surface area (Å²) in [6.07, 6.45) is 3.08. The van der Waals surface area contributed by atoms with E-state index in [9.17, 15) is 8.42 Å². The minimum absolute atomic E-state index is 0.000911. The van der Waals surface area contributed by atoms with Gasteiger partial charge in [-0.1, -0.05) is 12.1 Å². The van der Waals surface area contributed by atoms with E-state index in [-0.39, 0.29) is 6.10 Å². The van der Waals surface area contributed by atoms with E-state index < -0.39 is 10.0 Å². The van der Waals surface area contributed by atoms with Gasteiger partial charge in [0.05, 0.1) is 11.0 Å². The van der Waals surface area contributed by atoms with Crippen molar-refractivity contribution in [1.82, 2.24) is 10.0 Å². The summed E-state index contributed by atoms with van der Waals surface area (Å²) in [5.41, 5.74) is 0.948. The molecule has 5 nitrogen and oxygen atoms in total. The molecule has 1 unspecified atom stereocenters. The van der Waals surface area contributed by atoms with Crippen LogP contribution in [0.1, 0.15) is 24.8 Å². The fourth-order valence-corrected chi connectivity index (χ4v) is 3.42. The van der Waals surface area contributed by atoms with Crippen LogP contribution in [0.4, 0.5) is 0 Å². The second-order valence-corrected chi connectivity index (χ2v) is 6.79. The number of benzene rings is 1. The molecule has 0 aromatic heterocycles. The van der Waals surface area contributed by atoms with Crippen LogP contribution in [0.25, 0.3) is 0 Å². The summed E-state index contributed by atoms with van der Waals surface area (Å²) in [5, 5.41) is 3.01. The maximum absolute atomic E-state index is 12.2. The third-order valence-corrected chi connectivity index (χ3v) is 4.79. The van der Waals surface area contributed by atoms with Gasteiger partial charge in [0.2, 0.25) is 10.0 Å². The Morgan fingerprint density at radius 3 is 2.90 bits per heavy atom. The van der Waals surface area contributed by atoms with Gasteiger partial charge in [-0.05, 0) is 44.0 Å². The monoisotopic (exact) mass is 298 g/mol. The molecule has 1 aliphatic heterocycles. The van der Waals surface area contributed by atoms with Gasteiger partial charge in [0.1, 0.15) is 0 Å². The topological polar surface area (TPSA) is 67.4 Å². The molecule has 6 heteroatoms. The van der Waals surface area contributed by atoms with E-state index in [0.717, 1.165) is 31.4 Å². The molecule has 1 aliphatic rings. The van der Waals surface area contributed by atoms with Gasteiger partial charge in [-0.15, -0.1) is 0 Å². The highest BCUT2D eigenvalue weighted by Crippen LogP contribution is 2.14. The molecule has 2 rings (SSSR count). The zero-order valence-electron chi connectivity index (χ0n) is 11.8. The summed E-state index contributed by atoms with van der Waals surface area (Å²) in [4.78, 5) is 0.307. The predicted molar refractivity (Wildman–Crippen MR) is 78.0 cm³/mol. The lowest BCUT2D eigenvalue weighted by molar-refractivity contribution is 0.0200. The minimum atomic E-state index is -3.46. The first-order valence-corrected chi connectivity index (χ1v) is 8.45. The first-order chi connectivity index (χ1) is 9.62. The van der Waals surface area contributed by atoms with Gasteiger partial charge in [0.25, 0.3) is 0 Å². The van der Waals surface area contributed by atoms with Crippen molar-refractivity contribution in [3.63, 3.8) is 0 Å². The molecule has 0 amide bonds. The van der Waals surface area contributed by atoms with Crippen molar-refractivity contribution in [2.24, 2.45) is 0 Å². The first-order valence-electron chi connectivity index (χ1n) is 6.96. The average Bonchev–Trinajstić information content (AvgIpc) is 2.47. The fraction of sp³-hybridized carbons (Fsp3) is 0.571. The quantitative estimate of drug-likeness (QED) is 0.829. The smallest absolute Gasteiger partial charge is 0.240 e. The van der Waals surface area contributed by atoms with E-state index in [1.165, 1.54) is 0 Å². The van der Waals surface area contributed by atoms with Crippen LogP contribution >= 0.6 is 0 Å². The summed E-state index contributed by atoms with van der Waals surface area (Å²) in [5.74, 6) is 0. The average molecular weight is 298 g/mol. The maximum Gasteiger partial charge on any atom is 0.240 e. The Hall–Kier alpha value is -0.950. The largest absolute Gasteiger partial charge is 0.377 e. The molecular weight excluding hydrogens is 276 g/mol. The van der Waals surface area contributed by atoms with Crippen molar-refractivity contribution in [2.75, 3.05) is 20.2 Å². The summed E-state index contributed by atoms with van der Waals surface area (Å²) in [6, 6.07) is 6.97. The molecule has 2 N–H and O–H groups in total. The lowest BCUT2D eigenvalue weighted by Crippen LogP contribution is -2.35. The van der Waals surface area contributed by atoms with Crippen molar-refractivity contribution in [3.8, 4) is 0 Å². The molecule has 1 heterocycles. The van der Waals surface area contributed by atoms with E-state index in [1.807, 2.05) is 13.1 Å². The van der Waals surface area contributed by atoms with Crippen LogP contribution in [-0.4, -0.2) is 34.7 Å². The number of rotatable bonds is 6. The predicted octanol–water partition coefficient (Wildman–Crippen LogP) is 1.25. The number of hydrogen-bond donors (Lipinski definition) is 2. The molecule has 0 spiro atoms. The van der Waals surface area contributed by atoms with Gasteiger partial charge in [0, 0.05) is 19.7 Å². The van der Waals surface area contributed by atoms with Gasteiger partial charge in [-0.3, -0.25) is 0 Å². The fourth-order valence-electron chi connectivity index (χ4n) is 2.28. The standard InChI is InChI=1S/C14H22N2O3S/c1-15-10-12-5-4-7-14(9-12)20(17,18)16-11-13-6-2-3-8-19-13/h4-5,7,9,13,15-16H,2-3,6,8,10-11H2,1H3. The molecule has 0 saturated carbocycles. The third kappa shape index (κ3) is 4.28. The van der Waals surface area contributed by atoms with Crippen molar-refractivity contribution in [1.29, 1.82) is 0 Å². The highest BCUT2D eigenvalue weighted by atomic mass is 32.2. The molecule has 1 aromatic carbocycles. The zero-order valence-corrected chi connectivity index (χ0v) is 12.6. The van der Waals surface area contributed by atoms with E-state index in [1.54, 1.807) is 18.2 Å². The van der Waals surface area contributed by atoms with Crippen LogP contribution in [0.3, 0.4) is 0 Å². The van der Waals surface area contributed by atoms with Gasteiger partial charge >= 0.3 is 0 Å². The van der Waals surface area contributed by atoms with Crippen LogP contribution in [-0.2, 0) is 21.3 Å².